The van der Waals surface area contributed by atoms with Gasteiger partial charge < -0.3 is 4.90 Å². The fourth-order valence-electron chi connectivity index (χ4n) is 3.73. The number of halogens is 3. The molecule has 0 bridgehead atoms. The predicted molar refractivity (Wildman–Crippen MR) is 137 cm³/mol. The van der Waals surface area contributed by atoms with Crippen molar-refractivity contribution in [1.82, 2.24) is 9.80 Å². The molecule has 0 unspecified atom stereocenters. The Bertz CT molecular complexity index is 1300. The zero-order valence-electron chi connectivity index (χ0n) is 18.0. The number of nitrogens with one attached hydrogen (secondary N) is 1. The minimum absolute atomic E-state index is 0.175. The molecule has 1 aliphatic heterocycles. The van der Waals surface area contributed by atoms with Gasteiger partial charge in [-0.05, 0) is 54.1 Å². The Morgan fingerprint density at radius 3 is 2.29 bits per heavy atom. The molecule has 0 spiro atoms. The second kappa shape index (κ2) is 10.6. The molecule has 1 fully saturated rings. The highest BCUT2D eigenvalue weighted by atomic mass is 79.9. The second-order valence-electron chi connectivity index (χ2n) is 7.95. The lowest BCUT2D eigenvalue weighted by molar-refractivity contribution is 0.0623. The van der Waals surface area contributed by atoms with Crippen LogP contribution in [-0.4, -0.2) is 50.3 Å². The summed E-state index contributed by atoms with van der Waals surface area (Å²) in [6, 6.07) is 18.0. The average molecular weight is 611 g/mol. The number of amides is 1. The molecule has 1 N–H and O–H groups in total. The van der Waals surface area contributed by atoms with Crippen LogP contribution in [0.1, 0.15) is 15.9 Å². The summed E-state index contributed by atoms with van der Waals surface area (Å²) in [4.78, 5) is 16.7. The van der Waals surface area contributed by atoms with E-state index in [9.17, 15) is 17.6 Å². The Hall–Kier alpha value is -2.27. The molecular formula is C24H22Br2FN3O3S. The lowest BCUT2D eigenvalue weighted by atomic mass is 10.1. The number of rotatable bonds is 6. The molecule has 6 nitrogen and oxygen atoms in total. The minimum atomic E-state index is -4.00. The van der Waals surface area contributed by atoms with Crippen LogP contribution in [0.3, 0.4) is 0 Å². The molecule has 3 aromatic rings. The van der Waals surface area contributed by atoms with E-state index in [4.69, 9.17) is 0 Å². The van der Waals surface area contributed by atoms with Crippen molar-refractivity contribution < 1.29 is 17.6 Å². The first-order valence-corrected chi connectivity index (χ1v) is 13.6. The van der Waals surface area contributed by atoms with Gasteiger partial charge in [-0.25, -0.2) is 12.8 Å². The molecule has 0 atom stereocenters. The summed E-state index contributed by atoms with van der Waals surface area (Å²) in [5.74, 6) is -1.26. The molecule has 4 rings (SSSR count). The SMILES string of the molecule is O=C(c1cc(S(=O)(=O)Nc2cccc(Br)c2)ccc1F)N1CCN(Cc2ccc(Br)cc2)CC1. The third-order valence-electron chi connectivity index (χ3n) is 5.53. The minimum Gasteiger partial charge on any atom is -0.336 e. The van der Waals surface area contributed by atoms with E-state index in [-0.39, 0.29) is 10.5 Å². The van der Waals surface area contributed by atoms with Gasteiger partial charge in [0.15, 0.2) is 0 Å². The largest absolute Gasteiger partial charge is 0.336 e. The number of carbonyl (C=O) groups excluding carboxylic acids is 1. The van der Waals surface area contributed by atoms with Gasteiger partial charge in [-0.2, -0.15) is 0 Å². The third-order valence-corrected chi connectivity index (χ3v) is 7.94. The average Bonchev–Trinajstić information content (AvgIpc) is 2.80. The van der Waals surface area contributed by atoms with Crippen molar-refractivity contribution >= 4 is 53.5 Å². The Morgan fingerprint density at radius 2 is 1.62 bits per heavy atom. The van der Waals surface area contributed by atoms with E-state index in [0.717, 1.165) is 29.2 Å². The number of piperazine rings is 1. The highest BCUT2D eigenvalue weighted by Gasteiger charge is 2.26. The van der Waals surface area contributed by atoms with Crippen LogP contribution in [0.4, 0.5) is 10.1 Å². The molecule has 0 saturated carbocycles. The summed E-state index contributed by atoms with van der Waals surface area (Å²) in [6.07, 6.45) is 0. The summed E-state index contributed by atoms with van der Waals surface area (Å²) >= 11 is 6.72. The van der Waals surface area contributed by atoms with Crippen molar-refractivity contribution in [2.24, 2.45) is 0 Å². The lowest BCUT2D eigenvalue weighted by Gasteiger charge is -2.35. The molecule has 0 aromatic heterocycles. The van der Waals surface area contributed by atoms with Crippen LogP contribution < -0.4 is 4.72 Å². The molecule has 3 aromatic carbocycles. The van der Waals surface area contributed by atoms with Gasteiger partial charge in [-0.3, -0.25) is 14.4 Å². The van der Waals surface area contributed by atoms with Gasteiger partial charge in [0.05, 0.1) is 10.5 Å². The van der Waals surface area contributed by atoms with E-state index in [1.54, 1.807) is 29.2 Å². The van der Waals surface area contributed by atoms with Crippen LogP contribution in [0, 0.1) is 5.82 Å². The first kappa shape index (κ1) is 24.8. The smallest absolute Gasteiger partial charge is 0.261 e. The molecular weight excluding hydrogens is 589 g/mol. The standard InChI is InChI=1S/C24H22Br2FN3O3S/c25-18-6-4-17(5-7-18)16-29-10-12-30(13-11-29)24(31)22-15-21(8-9-23(22)27)34(32,33)28-20-3-1-2-19(26)14-20/h1-9,14-15,28H,10-13,16H2. The second-order valence-corrected chi connectivity index (χ2v) is 11.5. The molecule has 0 radical (unpaired) electrons. The van der Waals surface area contributed by atoms with Crippen molar-refractivity contribution in [1.29, 1.82) is 0 Å². The monoisotopic (exact) mass is 609 g/mol. The maximum atomic E-state index is 14.6. The maximum absolute atomic E-state index is 14.6. The highest BCUT2D eigenvalue weighted by molar-refractivity contribution is 9.10. The van der Waals surface area contributed by atoms with Crippen LogP contribution in [0.25, 0.3) is 0 Å². The molecule has 1 amide bonds. The van der Waals surface area contributed by atoms with E-state index in [2.05, 4.69) is 41.5 Å². The molecule has 178 valence electrons. The van der Waals surface area contributed by atoms with Gasteiger partial charge in [-0.1, -0.05) is 50.1 Å². The fourth-order valence-corrected chi connectivity index (χ4v) is 5.47. The Labute approximate surface area is 215 Å². The summed E-state index contributed by atoms with van der Waals surface area (Å²) in [5.41, 5.74) is 1.27. The van der Waals surface area contributed by atoms with E-state index < -0.39 is 21.7 Å². The summed E-state index contributed by atoms with van der Waals surface area (Å²) in [6.45, 7) is 2.92. The maximum Gasteiger partial charge on any atom is 0.261 e. The number of nitrogens with zero attached hydrogens (tertiary/aromatic N) is 2. The van der Waals surface area contributed by atoms with Crippen LogP contribution in [0.2, 0.25) is 0 Å². The van der Waals surface area contributed by atoms with Crippen LogP contribution >= 0.6 is 31.9 Å². The van der Waals surface area contributed by atoms with Gasteiger partial charge >= 0.3 is 0 Å². The van der Waals surface area contributed by atoms with Crippen LogP contribution in [0.5, 0.6) is 0 Å². The van der Waals surface area contributed by atoms with Gasteiger partial charge in [0.1, 0.15) is 5.82 Å². The van der Waals surface area contributed by atoms with E-state index in [1.165, 1.54) is 5.56 Å². The van der Waals surface area contributed by atoms with E-state index >= 15 is 0 Å². The third kappa shape index (κ3) is 6.04. The van der Waals surface area contributed by atoms with Crippen molar-refractivity contribution in [3.8, 4) is 0 Å². The normalized spacial score (nSPS) is 14.7. The summed E-state index contributed by atoms with van der Waals surface area (Å²) in [7, 11) is -4.00. The van der Waals surface area contributed by atoms with Crippen molar-refractivity contribution in [3.05, 3.63) is 92.6 Å². The quantitative estimate of drug-likeness (QED) is 0.421. The number of carbonyl (C=O) groups is 1. The van der Waals surface area contributed by atoms with Gasteiger partial charge in [0.2, 0.25) is 0 Å². The number of anilines is 1. The number of hydrogen-bond donors (Lipinski definition) is 1. The molecule has 0 aliphatic carbocycles. The van der Waals surface area contributed by atoms with Gasteiger partial charge in [0, 0.05) is 47.4 Å². The number of benzene rings is 3. The molecule has 34 heavy (non-hydrogen) atoms. The Morgan fingerprint density at radius 1 is 0.912 bits per heavy atom. The van der Waals surface area contributed by atoms with Crippen molar-refractivity contribution in [2.75, 3.05) is 30.9 Å². The zero-order chi connectivity index (χ0) is 24.3. The highest BCUT2D eigenvalue weighted by Crippen LogP contribution is 2.23. The Kier molecular flexibility index (Phi) is 7.71. The molecule has 1 saturated heterocycles. The molecule has 1 heterocycles. The topological polar surface area (TPSA) is 69.7 Å². The first-order chi connectivity index (χ1) is 16.2. The Balaban J connectivity index is 1.44. The molecule has 10 heteroatoms. The lowest BCUT2D eigenvalue weighted by Crippen LogP contribution is -2.48. The summed E-state index contributed by atoms with van der Waals surface area (Å²) in [5, 5.41) is 0. The first-order valence-electron chi connectivity index (χ1n) is 10.6. The number of hydrogen-bond acceptors (Lipinski definition) is 4. The van der Waals surface area contributed by atoms with Gasteiger partial charge in [0.25, 0.3) is 15.9 Å². The van der Waals surface area contributed by atoms with E-state index in [0.29, 0.717) is 36.3 Å². The van der Waals surface area contributed by atoms with Crippen molar-refractivity contribution in [2.45, 2.75) is 11.4 Å². The van der Waals surface area contributed by atoms with Gasteiger partial charge in [-0.15, -0.1) is 0 Å². The molecule has 1 aliphatic rings. The van der Waals surface area contributed by atoms with Crippen LogP contribution in [0.15, 0.2) is 80.6 Å². The van der Waals surface area contributed by atoms with Crippen LogP contribution in [-0.2, 0) is 16.6 Å². The fraction of sp³-hybridized carbons (Fsp3) is 0.208. The number of sulfonamides is 1. The van der Waals surface area contributed by atoms with Crippen molar-refractivity contribution in [3.63, 3.8) is 0 Å². The predicted octanol–water partition coefficient (Wildman–Crippen LogP) is 5.11. The van der Waals surface area contributed by atoms with E-state index in [1.807, 2.05) is 24.3 Å². The summed E-state index contributed by atoms with van der Waals surface area (Å²) < 4.78 is 44.4. The zero-order valence-corrected chi connectivity index (χ0v) is 22.0.